The highest BCUT2D eigenvalue weighted by molar-refractivity contribution is 7.17. The topological polar surface area (TPSA) is 120 Å². The number of aromatic carboxylic acids is 1. The monoisotopic (exact) mass is 488 g/mol. The highest BCUT2D eigenvalue weighted by Crippen LogP contribution is 2.41. The van der Waals surface area contributed by atoms with Crippen LogP contribution in [-0.2, 0) is 11.8 Å². The molecule has 2 aromatic heterocycles. The number of hydrogen-bond acceptors (Lipinski definition) is 6. The highest BCUT2D eigenvalue weighted by Gasteiger charge is 2.30. The molecule has 35 heavy (non-hydrogen) atoms. The van der Waals surface area contributed by atoms with Crippen LogP contribution in [-0.4, -0.2) is 26.0 Å². The number of carboxylic acids is 1. The van der Waals surface area contributed by atoms with Gasteiger partial charge in [-0.2, -0.15) is 0 Å². The van der Waals surface area contributed by atoms with Crippen molar-refractivity contribution in [1.82, 2.24) is 9.78 Å². The van der Waals surface area contributed by atoms with Crippen LogP contribution in [0.25, 0.3) is 16.1 Å². The fourth-order valence-corrected chi connectivity index (χ4v) is 5.35. The third-order valence-electron chi connectivity index (χ3n) is 6.50. The van der Waals surface area contributed by atoms with Crippen LogP contribution in [0.4, 0.5) is 11.4 Å². The van der Waals surface area contributed by atoms with Crippen LogP contribution >= 0.6 is 11.3 Å². The van der Waals surface area contributed by atoms with Gasteiger partial charge in [-0.25, -0.2) is 9.48 Å². The summed E-state index contributed by atoms with van der Waals surface area (Å²) in [5.41, 5.74) is 4.37. The molecule has 0 radical (unpaired) electrons. The van der Waals surface area contributed by atoms with Crippen molar-refractivity contribution in [3.8, 4) is 21.9 Å². The van der Waals surface area contributed by atoms with Crippen LogP contribution in [0, 0.1) is 6.92 Å². The molecule has 5 rings (SSSR count). The van der Waals surface area contributed by atoms with Gasteiger partial charge in [0.1, 0.15) is 10.6 Å². The zero-order valence-corrected chi connectivity index (χ0v) is 20.3. The Kier molecular flexibility index (Phi) is 5.44. The number of hydrogen-bond donors (Lipinski definition) is 3. The molecule has 0 saturated heterocycles. The lowest BCUT2D eigenvalue weighted by Crippen LogP contribution is -2.16. The Balaban J connectivity index is 1.49. The normalized spacial score (nSPS) is 14.5. The van der Waals surface area contributed by atoms with Crippen molar-refractivity contribution in [2.75, 3.05) is 0 Å². The number of azo groups is 1. The SMILES string of the molecule is Cc1[nH]n(-c2ccc3c(c2)C(C)(C)CC3)c(=O)c1N=Nc1cccc(-c2ccc(C(=O)O)s2)c1O. The van der Waals surface area contributed by atoms with Gasteiger partial charge in [0, 0.05) is 10.4 Å². The summed E-state index contributed by atoms with van der Waals surface area (Å²) in [5.74, 6) is -1.16. The van der Waals surface area contributed by atoms with Crippen LogP contribution in [0.15, 0.2) is 63.6 Å². The van der Waals surface area contributed by atoms with Crippen LogP contribution in [0.1, 0.15) is 46.8 Å². The summed E-state index contributed by atoms with van der Waals surface area (Å²) in [7, 11) is 0. The summed E-state index contributed by atoms with van der Waals surface area (Å²) in [6.07, 6.45) is 2.11. The number of aromatic hydroxyl groups is 1. The minimum absolute atomic E-state index is 0.0649. The fraction of sp³-hybridized carbons (Fsp3) is 0.231. The molecule has 3 N–H and O–H groups in total. The molecule has 2 heterocycles. The lowest BCUT2D eigenvalue weighted by molar-refractivity contribution is 0.0702. The maximum Gasteiger partial charge on any atom is 0.345 e. The number of para-hydroxylation sites is 1. The van der Waals surface area contributed by atoms with Crippen molar-refractivity contribution < 1.29 is 15.0 Å². The number of aryl methyl sites for hydroxylation is 2. The molecule has 9 heteroatoms. The molecule has 0 atom stereocenters. The fourth-order valence-electron chi connectivity index (χ4n) is 4.48. The van der Waals surface area contributed by atoms with Gasteiger partial charge in [0.2, 0.25) is 0 Å². The van der Waals surface area contributed by atoms with Crippen molar-refractivity contribution in [2.24, 2.45) is 10.2 Å². The number of carboxylic acid groups (broad SMARTS) is 1. The number of phenolic OH excluding ortho intramolecular Hbond substituents is 1. The van der Waals surface area contributed by atoms with E-state index in [0.717, 1.165) is 29.9 Å². The number of benzene rings is 2. The molecule has 0 spiro atoms. The first-order valence-corrected chi connectivity index (χ1v) is 12.0. The third kappa shape index (κ3) is 3.97. The molecule has 0 amide bonds. The number of rotatable bonds is 5. The van der Waals surface area contributed by atoms with Crippen molar-refractivity contribution >= 4 is 28.7 Å². The van der Waals surface area contributed by atoms with Crippen molar-refractivity contribution in [3.05, 3.63) is 80.6 Å². The number of aromatic amines is 1. The Labute approximate surface area is 205 Å². The van der Waals surface area contributed by atoms with E-state index < -0.39 is 5.97 Å². The van der Waals surface area contributed by atoms with E-state index in [-0.39, 0.29) is 33.0 Å². The summed E-state index contributed by atoms with van der Waals surface area (Å²) >= 11 is 1.06. The largest absolute Gasteiger partial charge is 0.505 e. The zero-order chi connectivity index (χ0) is 24.9. The van der Waals surface area contributed by atoms with E-state index in [1.165, 1.54) is 21.9 Å². The Morgan fingerprint density at radius 1 is 1.14 bits per heavy atom. The molecule has 1 aliphatic rings. The quantitative estimate of drug-likeness (QED) is 0.288. The van der Waals surface area contributed by atoms with Gasteiger partial charge in [-0.3, -0.25) is 9.89 Å². The average Bonchev–Trinajstić information content (AvgIpc) is 3.50. The van der Waals surface area contributed by atoms with Gasteiger partial charge < -0.3 is 10.2 Å². The first-order chi connectivity index (χ1) is 16.7. The Bertz CT molecular complexity index is 1560. The Morgan fingerprint density at radius 3 is 2.69 bits per heavy atom. The predicted octanol–water partition coefficient (Wildman–Crippen LogP) is 6.25. The molecule has 2 aromatic carbocycles. The van der Waals surface area contributed by atoms with Crippen molar-refractivity contribution in [3.63, 3.8) is 0 Å². The first-order valence-electron chi connectivity index (χ1n) is 11.2. The predicted molar refractivity (Wildman–Crippen MR) is 135 cm³/mol. The minimum atomic E-state index is -1.03. The van der Waals surface area contributed by atoms with Crippen LogP contribution in [0.5, 0.6) is 5.75 Å². The molecule has 0 unspecified atom stereocenters. The summed E-state index contributed by atoms with van der Waals surface area (Å²) in [6.45, 7) is 6.17. The second kappa shape index (κ2) is 8.35. The third-order valence-corrected chi connectivity index (χ3v) is 7.60. The van der Waals surface area contributed by atoms with Gasteiger partial charge in [0.15, 0.2) is 11.4 Å². The van der Waals surface area contributed by atoms with Crippen molar-refractivity contribution in [1.29, 1.82) is 0 Å². The lowest BCUT2D eigenvalue weighted by atomic mass is 9.86. The van der Waals surface area contributed by atoms with Gasteiger partial charge in [-0.15, -0.1) is 21.6 Å². The van der Waals surface area contributed by atoms with E-state index in [4.69, 9.17) is 5.11 Å². The van der Waals surface area contributed by atoms with Gasteiger partial charge in [-0.1, -0.05) is 26.0 Å². The number of nitrogens with zero attached hydrogens (tertiary/aromatic N) is 3. The maximum absolute atomic E-state index is 13.2. The molecule has 4 aromatic rings. The van der Waals surface area contributed by atoms with Gasteiger partial charge in [-0.05, 0) is 72.7 Å². The number of fused-ring (bicyclic) bond motifs is 1. The standard InChI is InChI=1S/C26H24N4O4S/c1-14-22(24(32)30(29-14)16-8-7-15-11-12-26(2,3)18(15)13-16)28-27-19-6-4-5-17(23(19)31)20-9-10-21(35-20)25(33)34/h4-10,13,29,31H,11-12H2,1-3H3,(H,33,34). The minimum Gasteiger partial charge on any atom is -0.505 e. The van der Waals surface area contributed by atoms with E-state index in [9.17, 15) is 14.7 Å². The number of H-pyrrole nitrogens is 1. The van der Waals surface area contributed by atoms with E-state index in [0.29, 0.717) is 16.1 Å². The van der Waals surface area contributed by atoms with Gasteiger partial charge in [0.25, 0.3) is 5.56 Å². The molecule has 0 bridgehead atoms. The summed E-state index contributed by atoms with van der Waals surface area (Å²) in [5, 5.41) is 31.3. The molecular weight excluding hydrogens is 464 g/mol. The molecule has 178 valence electrons. The second-order valence-corrected chi connectivity index (χ2v) is 10.4. The van der Waals surface area contributed by atoms with E-state index in [1.54, 1.807) is 31.2 Å². The number of carbonyl (C=O) groups is 1. The van der Waals surface area contributed by atoms with E-state index in [2.05, 4.69) is 41.3 Å². The van der Waals surface area contributed by atoms with Crippen LogP contribution in [0.2, 0.25) is 0 Å². The summed E-state index contributed by atoms with van der Waals surface area (Å²) < 4.78 is 1.47. The van der Waals surface area contributed by atoms with Gasteiger partial charge in [0.05, 0.1) is 11.4 Å². The smallest absolute Gasteiger partial charge is 0.345 e. The molecule has 1 aliphatic carbocycles. The second-order valence-electron chi connectivity index (χ2n) is 9.29. The lowest BCUT2D eigenvalue weighted by Gasteiger charge is -2.19. The Hall–Kier alpha value is -3.98. The molecular formula is C26H24N4O4S. The summed E-state index contributed by atoms with van der Waals surface area (Å²) in [6, 6.07) is 14.1. The zero-order valence-electron chi connectivity index (χ0n) is 19.5. The number of thiophene rings is 1. The molecule has 0 fully saturated rings. The molecule has 0 saturated carbocycles. The van der Waals surface area contributed by atoms with E-state index >= 15 is 0 Å². The number of phenols is 1. The molecule has 8 nitrogen and oxygen atoms in total. The van der Waals surface area contributed by atoms with Crippen LogP contribution < -0.4 is 5.56 Å². The van der Waals surface area contributed by atoms with Crippen molar-refractivity contribution in [2.45, 2.75) is 39.0 Å². The first kappa shape index (κ1) is 22.8. The summed E-state index contributed by atoms with van der Waals surface area (Å²) in [4.78, 5) is 25.1. The van der Waals surface area contributed by atoms with E-state index in [1.807, 2.05) is 6.07 Å². The average molecular weight is 489 g/mol. The number of aromatic nitrogens is 2. The maximum atomic E-state index is 13.2. The Morgan fingerprint density at radius 2 is 1.94 bits per heavy atom. The van der Waals surface area contributed by atoms with Crippen LogP contribution in [0.3, 0.4) is 0 Å². The number of nitrogens with one attached hydrogen (secondary N) is 1. The van der Waals surface area contributed by atoms with Gasteiger partial charge >= 0.3 is 5.97 Å². The molecule has 0 aliphatic heterocycles. The highest BCUT2D eigenvalue weighted by atomic mass is 32.1.